The van der Waals surface area contributed by atoms with Gasteiger partial charge in [-0.15, -0.1) is 22.7 Å². The number of carbonyl (C=O) groups excluding carboxylic acids is 1. The van der Waals surface area contributed by atoms with Crippen LogP contribution in [0.4, 0.5) is 5.82 Å². The standard InChI is InChI=1S/C21H15N3OS.C8H7N5OS/c1-2-19-23-18-10-6-7-15(11-12-17-13-22-14-26-17)20(18)21(25)24(19)16-8-4-3-5-9-16;9-7-6(8(10)14)13-4(1-11-7)5-2-15-3-12-5/h3-10,13-14H,2H2,1H3;1-3H,(H2,9,11)(H2,10,14). The van der Waals surface area contributed by atoms with Crippen molar-refractivity contribution in [3.05, 3.63) is 110 Å². The van der Waals surface area contributed by atoms with E-state index >= 15 is 0 Å². The fraction of sp³-hybridized carbons (Fsp3) is 0.0690. The molecule has 202 valence electrons. The molecular weight excluding hydrogens is 557 g/mol. The van der Waals surface area contributed by atoms with E-state index in [0.717, 1.165) is 16.4 Å². The van der Waals surface area contributed by atoms with Gasteiger partial charge in [0.1, 0.15) is 17.2 Å². The smallest absolute Gasteiger partial charge is 0.271 e. The molecule has 0 saturated heterocycles. The molecule has 0 unspecified atom stereocenters. The van der Waals surface area contributed by atoms with Crippen LogP contribution in [-0.4, -0.2) is 35.4 Å². The first-order chi connectivity index (χ1) is 20.0. The van der Waals surface area contributed by atoms with Gasteiger partial charge in [0.25, 0.3) is 11.5 Å². The quantitative estimate of drug-likeness (QED) is 0.296. The van der Waals surface area contributed by atoms with E-state index in [-0.39, 0.29) is 17.1 Å². The number of amides is 1. The van der Waals surface area contributed by atoms with Gasteiger partial charge in [0.05, 0.1) is 44.9 Å². The van der Waals surface area contributed by atoms with E-state index in [4.69, 9.17) is 16.5 Å². The molecule has 4 aromatic heterocycles. The van der Waals surface area contributed by atoms with Crippen molar-refractivity contribution in [3.8, 4) is 28.9 Å². The predicted octanol–water partition coefficient (Wildman–Crippen LogP) is 4.09. The Labute approximate surface area is 242 Å². The maximum Gasteiger partial charge on any atom is 0.271 e. The summed E-state index contributed by atoms with van der Waals surface area (Å²) in [6, 6.07) is 15.2. The highest BCUT2D eigenvalue weighted by molar-refractivity contribution is 7.10. The molecule has 0 radical (unpaired) electrons. The first-order valence-corrected chi connectivity index (χ1v) is 14.1. The number of carbonyl (C=O) groups is 1. The van der Waals surface area contributed by atoms with Gasteiger partial charge < -0.3 is 11.5 Å². The number of primary amides is 1. The number of nitrogen functional groups attached to an aromatic ring is 1. The van der Waals surface area contributed by atoms with Gasteiger partial charge >= 0.3 is 0 Å². The van der Waals surface area contributed by atoms with Gasteiger partial charge in [-0.2, -0.15) is 0 Å². The molecule has 2 aromatic carbocycles. The predicted molar refractivity (Wildman–Crippen MR) is 161 cm³/mol. The second kappa shape index (κ2) is 12.3. The summed E-state index contributed by atoms with van der Waals surface area (Å²) in [7, 11) is 0. The van der Waals surface area contributed by atoms with E-state index < -0.39 is 5.91 Å². The van der Waals surface area contributed by atoms with Gasteiger partial charge in [-0.05, 0) is 30.2 Å². The van der Waals surface area contributed by atoms with Crippen molar-refractivity contribution in [1.82, 2.24) is 29.5 Å². The van der Waals surface area contributed by atoms with Crippen LogP contribution in [-0.2, 0) is 6.42 Å². The molecule has 4 N–H and O–H groups in total. The summed E-state index contributed by atoms with van der Waals surface area (Å²) in [4.78, 5) is 45.8. The number of para-hydroxylation sites is 1. The fourth-order valence-electron chi connectivity index (χ4n) is 3.91. The monoisotopic (exact) mass is 578 g/mol. The zero-order valence-electron chi connectivity index (χ0n) is 21.7. The fourth-order valence-corrected chi connectivity index (χ4v) is 4.92. The molecule has 4 heterocycles. The number of aromatic nitrogens is 6. The Kier molecular flexibility index (Phi) is 8.19. The average molecular weight is 579 g/mol. The van der Waals surface area contributed by atoms with Gasteiger partial charge in [-0.25, -0.2) is 19.9 Å². The number of benzene rings is 2. The first-order valence-electron chi connectivity index (χ1n) is 12.3. The van der Waals surface area contributed by atoms with Crippen LogP contribution in [0.15, 0.2) is 82.1 Å². The lowest BCUT2D eigenvalue weighted by Crippen LogP contribution is -2.24. The van der Waals surface area contributed by atoms with Crippen LogP contribution in [0, 0.1) is 11.8 Å². The van der Waals surface area contributed by atoms with Gasteiger partial charge in [-0.3, -0.25) is 19.1 Å². The van der Waals surface area contributed by atoms with Crippen molar-refractivity contribution in [1.29, 1.82) is 0 Å². The molecule has 0 saturated carbocycles. The highest BCUT2D eigenvalue weighted by Gasteiger charge is 2.14. The molecule has 10 nitrogen and oxygen atoms in total. The Morgan fingerprint density at radius 2 is 1.80 bits per heavy atom. The third-order valence-corrected chi connectivity index (χ3v) is 7.05. The molecule has 0 spiro atoms. The second-order valence-corrected chi connectivity index (χ2v) is 10.0. The number of hydrogen-bond donors (Lipinski definition) is 2. The topological polar surface area (TPSA) is 156 Å². The minimum Gasteiger partial charge on any atom is -0.382 e. The Morgan fingerprint density at radius 1 is 0.976 bits per heavy atom. The number of thiazole rings is 2. The Bertz CT molecular complexity index is 1940. The Hall–Kier alpha value is -5.25. The molecule has 0 bridgehead atoms. The summed E-state index contributed by atoms with van der Waals surface area (Å²) >= 11 is 2.90. The molecular formula is C29H22N8O2S2. The third-order valence-electron chi connectivity index (χ3n) is 5.78. The minimum atomic E-state index is -0.697. The molecule has 6 aromatic rings. The molecule has 0 aliphatic carbocycles. The SMILES string of the molecule is CCc1nc2cccc(C#Cc3cncs3)c2c(=O)n1-c1ccccc1.NC(=O)c1nc(-c2cscn2)cnc1N. The second-order valence-electron chi connectivity index (χ2n) is 8.40. The van der Waals surface area contributed by atoms with Crippen molar-refractivity contribution < 1.29 is 4.79 Å². The third kappa shape index (κ3) is 6.01. The van der Waals surface area contributed by atoms with Crippen molar-refractivity contribution >= 4 is 45.3 Å². The van der Waals surface area contributed by atoms with Gasteiger partial charge in [0.2, 0.25) is 0 Å². The number of nitrogens with zero attached hydrogens (tertiary/aromatic N) is 6. The number of aryl methyl sites for hydroxylation is 1. The van der Waals surface area contributed by atoms with E-state index in [2.05, 4.69) is 31.8 Å². The van der Waals surface area contributed by atoms with Crippen LogP contribution in [0.5, 0.6) is 0 Å². The Morgan fingerprint density at radius 3 is 2.49 bits per heavy atom. The largest absolute Gasteiger partial charge is 0.382 e. The van der Waals surface area contributed by atoms with Crippen LogP contribution in [0.2, 0.25) is 0 Å². The van der Waals surface area contributed by atoms with Crippen molar-refractivity contribution in [2.75, 3.05) is 5.73 Å². The molecule has 41 heavy (non-hydrogen) atoms. The maximum atomic E-state index is 13.3. The summed E-state index contributed by atoms with van der Waals surface area (Å²) in [5.74, 6) is 6.26. The van der Waals surface area contributed by atoms with Gasteiger partial charge in [0.15, 0.2) is 11.5 Å². The van der Waals surface area contributed by atoms with Gasteiger partial charge in [-0.1, -0.05) is 37.1 Å². The highest BCUT2D eigenvalue weighted by atomic mass is 32.1. The summed E-state index contributed by atoms with van der Waals surface area (Å²) in [5.41, 5.74) is 17.1. The van der Waals surface area contributed by atoms with Gasteiger partial charge in [0, 0.05) is 17.4 Å². The lowest BCUT2D eigenvalue weighted by atomic mass is 10.1. The van der Waals surface area contributed by atoms with E-state index in [1.165, 1.54) is 28.9 Å². The van der Waals surface area contributed by atoms with Crippen LogP contribution in [0.1, 0.15) is 33.7 Å². The van der Waals surface area contributed by atoms with Crippen LogP contribution in [0.3, 0.4) is 0 Å². The molecule has 0 fully saturated rings. The van der Waals surface area contributed by atoms with E-state index in [0.29, 0.717) is 34.3 Å². The zero-order chi connectivity index (χ0) is 28.8. The number of rotatable bonds is 4. The lowest BCUT2D eigenvalue weighted by Gasteiger charge is -2.13. The summed E-state index contributed by atoms with van der Waals surface area (Å²) in [6.45, 7) is 2.00. The summed E-state index contributed by atoms with van der Waals surface area (Å²) in [5, 5.41) is 2.34. The van der Waals surface area contributed by atoms with Crippen molar-refractivity contribution in [2.24, 2.45) is 5.73 Å². The lowest BCUT2D eigenvalue weighted by molar-refractivity contribution is 0.0996. The van der Waals surface area contributed by atoms with E-state index in [1.54, 1.807) is 27.2 Å². The van der Waals surface area contributed by atoms with Crippen molar-refractivity contribution in [2.45, 2.75) is 13.3 Å². The normalized spacial score (nSPS) is 10.4. The molecule has 0 aliphatic rings. The number of fused-ring (bicyclic) bond motifs is 1. The molecule has 6 rings (SSSR count). The first kappa shape index (κ1) is 27.3. The maximum absolute atomic E-state index is 13.3. The highest BCUT2D eigenvalue weighted by Crippen LogP contribution is 2.18. The van der Waals surface area contributed by atoms with E-state index in [1.807, 2.05) is 55.5 Å². The summed E-state index contributed by atoms with van der Waals surface area (Å²) in [6.07, 6.45) is 3.84. The minimum absolute atomic E-state index is 0.0273. The van der Waals surface area contributed by atoms with Crippen LogP contribution in [0.25, 0.3) is 28.0 Å². The number of hydrogen-bond acceptors (Lipinski definition) is 10. The van der Waals surface area contributed by atoms with Crippen LogP contribution >= 0.6 is 22.7 Å². The average Bonchev–Trinajstić information content (AvgIpc) is 3.72. The Balaban J connectivity index is 0.000000191. The summed E-state index contributed by atoms with van der Waals surface area (Å²) < 4.78 is 1.68. The number of nitrogens with two attached hydrogens (primary N) is 2. The molecule has 12 heteroatoms. The zero-order valence-corrected chi connectivity index (χ0v) is 23.3. The van der Waals surface area contributed by atoms with Crippen LogP contribution < -0.4 is 17.0 Å². The number of anilines is 1. The van der Waals surface area contributed by atoms with E-state index in [9.17, 15) is 9.59 Å². The molecule has 0 aliphatic heterocycles. The van der Waals surface area contributed by atoms with Crippen molar-refractivity contribution in [3.63, 3.8) is 0 Å². The molecule has 0 atom stereocenters. The molecule has 1 amide bonds.